The van der Waals surface area contributed by atoms with E-state index in [0.717, 1.165) is 32.4 Å². The molecule has 1 heterocycles. The smallest absolute Gasteiger partial charge is 0.180 e. The Morgan fingerprint density at radius 2 is 1.67 bits per heavy atom. The molecule has 0 aliphatic carbocycles. The summed E-state index contributed by atoms with van der Waals surface area (Å²) in [7, 11) is -5.60. The van der Waals surface area contributed by atoms with Crippen molar-refractivity contribution in [1.29, 1.82) is 0 Å². The van der Waals surface area contributed by atoms with E-state index in [2.05, 4.69) is 4.90 Å². The molecular formula is C19H31NO5S2. The number of hydrogen-bond acceptors (Lipinski definition) is 6. The van der Waals surface area contributed by atoms with Gasteiger partial charge < -0.3 is 9.64 Å². The second kappa shape index (κ2) is 10.0. The molecule has 6 nitrogen and oxygen atoms in total. The largest absolute Gasteiger partial charge is 0.384 e. The van der Waals surface area contributed by atoms with Crippen LogP contribution in [0.1, 0.15) is 32.6 Å². The molecule has 1 unspecified atom stereocenters. The van der Waals surface area contributed by atoms with Gasteiger partial charge in [-0.2, -0.15) is 0 Å². The number of likely N-dealkylation sites (tertiary alicyclic amines) is 1. The number of ether oxygens (including phenoxy) is 1. The minimum Gasteiger partial charge on any atom is -0.384 e. The molecule has 154 valence electrons. The molecule has 27 heavy (non-hydrogen) atoms. The topological polar surface area (TPSA) is 80.8 Å². The molecule has 2 rings (SSSR count). The van der Waals surface area contributed by atoms with Crippen molar-refractivity contribution >= 4 is 19.7 Å². The van der Waals surface area contributed by atoms with Crippen LogP contribution in [0.5, 0.6) is 0 Å². The Bertz CT molecular complexity index is 805. The average Bonchev–Trinajstić information content (AvgIpc) is 2.86. The van der Waals surface area contributed by atoms with Crippen molar-refractivity contribution in [2.45, 2.75) is 42.4 Å². The fraction of sp³-hybridized carbons (Fsp3) is 0.684. The van der Waals surface area contributed by atoms with Gasteiger partial charge in [0.1, 0.15) is 0 Å². The van der Waals surface area contributed by atoms with Gasteiger partial charge in [0, 0.05) is 20.2 Å². The number of benzene rings is 1. The molecule has 1 aliphatic rings. The van der Waals surface area contributed by atoms with Gasteiger partial charge in [-0.3, -0.25) is 0 Å². The summed E-state index contributed by atoms with van der Waals surface area (Å²) in [6.45, 7) is 4.54. The first kappa shape index (κ1) is 22.3. The Balaban J connectivity index is 2.15. The highest BCUT2D eigenvalue weighted by molar-refractivity contribution is 7.94. The molecule has 0 aromatic heterocycles. The fourth-order valence-electron chi connectivity index (χ4n) is 3.59. The van der Waals surface area contributed by atoms with Crippen LogP contribution in [0.25, 0.3) is 0 Å². The van der Waals surface area contributed by atoms with Gasteiger partial charge in [-0.1, -0.05) is 25.5 Å². The minimum atomic E-state index is -3.69. The summed E-state index contributed by atoms with van der Waals surface area (Å²) >= 11 is 0. The van der Waals surface area contributed by atoms with Crippen molar-refractivity contribution in [2.24, 2.45) is 5.92 Å². The van der Waals surface area contributed by atoms with Crippen molar-refractivity contribution < 1.29 is 21.6 Å². The van der Waals surface area contributed by atoms with Crippen LogP contribution in [0.15, 0.2) is 34.1 Å². The van der Waals surface area contributed by atoms with Gasteiger partial charge in [-0.15, -0.1) is 0 Å². The summed E-state index contributed by atoms with van der Waals surface area (Å²) < 4.78 is 56.1. The van der Waals surface area contributed by atoms with Crippen LogP contribution in [0.3, 0.4) is 0 Å². The first-order valence-corrected chi connectivity index (χ1v) is 12.9. The lowest BCUT2D eigenvalue weighted by molar-refractivity contribution is 0.128. The Hall–Kier alpha value is -0.960. The fourth-order valence-corrected chi connectivity index (χ4v) is 7.15. The third kappa shape index (κ3) is 6.27. The van der Waals surface area contributed by atoms with Crippen LogP contribution in [-0.4, -0.2) is 66.6 Å². The average molecular weight is 418 g/mol. The molecule has 1 atom stereocenters. The second-order valence-corrected chi connectivity index (χ2v) is 11.4. The first-order valence-electron chi connectivity index (χ1n) is 9.56. The Labute approximate surface area is 163 Å². The molecule has 1 fully saturated rings. The summed E-state index contributed by atoms with van der Waals surface area (Å²) in [6.07, 6.45) is 3.71. The van der Waals surface area contributed by atoms with Gasteiger partial charge in [-0.05, 0) is 43.9 Å². The first-order chi connectivity index (χ1) is 12.8. The lowest BCUT2D eigenvalue weighted by atomic mass is 10.1. The predicted octanol–water partition coefficient (Wildman–Crippen LogP) is 2.39. The molecule has 1 aliphatic heterocycles. The van der Waals surface area contributed by atoms with Gasteiger partial charge in [0.2, 0.25) is 0 Å². The Kier molecular flexibility index (Phi) is 8.27. The summed E-state index contributed by atoms with van der Waals surface area (Å²) in [5.41, 5.74) is 0. The number of methoxy groups -OCH3 is 1. The standard InChI is InChI=1S/C19H31NO5S2/c1-3-13-26(21,22)18-9-4-5-10-19(18)27(23,24)14-12-20-11-7-6-8-17(15-20)16-25-2/h4-5,9-10,17H,3,6-8,11-16H2,1-2H3. The minimum absolute atomic E-state index is 0.0512. The van der Waals surface area contributed by atoms with Gasteiger partial charge in [-0.25, -0.2) is 16.8 Å². The predicted molar refractivity (Wildman–Crippen MR) is 106 cm³/mol. The van der Waals surface area contributed by atoms with E-state index in [0.29, 0.717) is 25.5 Å². The van der Waals surface area contributed by atoms with E-state index >= 15 is 0 Å². The molecular weight excluding hydrogens is 386 g/mol. The van der Waals surface area contributed by atoms with Crippen LogP contribution < -0.4 is 0 Å². The maximum absolute atomic E-state index is 12.9. The van der Waals surface area contributed by atoms with E-state index in [9.17, 15) is 16.8 Å². The second-order valence-electron chi connectivity index (χ2n) is 7.20. The summed E-state index contributed by atoms with van der Waals surface area (Å²) in [6, 6.07) is 5.97. The third-order valence-corrected chi connectivity index (χ3v) is 8.77. The van der Waals surface area contributed by atoms with E-state index in [4.69, 9.17) is 4.74 Å². The molecule has 8 heteroatoms. The molecule has 0 N–H and O–H groups in total. The van der Waals surface area contributed by atoms with Crippen molar-refractivity contribution in [1.82, 2.24) is 4.90 Å². The Morgan fingerprint density at radius 1 is 1.04 bits per heavy atom. The maximum Gasteiger partial charge on any atom is 0.180 e. The molecule has 1 saturated heterocycles. The zero-order valence-electron chi connectivity index (χ0n) is 16.3. The van der Waals surface area contributed by atoms with Gasteiger partial charge >= 0.3 is 0 Å². The normalized spacial score (nSPS) is 19.7. The van der Waals surface area contributed by atoms with Crippen molar-refractivity contribution in [3.05, 3.63) is 24.3 Å². The van der Waals surface area contributed by atoms with Crippen LogP contribution in [0, 0.1) is 5.92 Å². The summed E-state index contributed by atoms with van der Waals surface area (Å²) in [5.74, 6) is 0.285. The third-order valence-electron chi connectivity index (χ3n) is 4.92. The molecule has 0 saturated carbocycles. The lowest BCUT2D eigenvalue weighted by Gasteiger charge is -2.24. The monoisotopic (exact) mass is 417 g/mol. The molecule has 1 aromatic carbocycles. The molecule has 0 bridgehead atoms. The van der Waals surface area contributed by atoms with E-state index in [1.54, 1.807) is 26.2 Å². The van der Waals surface area contributed by atoms with Crippen molar-refractivity contribution in [2.75, 3.05) is 44.9 Å². The zero-order valence-corrected chi connectivity index (χ0v) is 17.9. The van der Waals surface area contributed by atoms with Crippen LogP contribution in [0.2, 0.25) is 0 Å². The number of rotatable bonds is 9. The van der Waals surface area contributed by atoms with E-state index < -0.39 is 19.7 Å². The van der Waals surface area contributed by atoms with E-state index in [1.807, 2.05) is 0 Å². The zero-order chi connectivity index (χ0) is 19.9. The van der Waals surface area contributed by atoms with E-state index in [1.165, 1.54) is 12.1 Å². The lowest BCUT2D eigenvalue weighted by Crippen LogP contribution is -2.34. The highest BCUT2D eigenvalue weighted by Gasteiger charge is 2.27. The van der Waals surface area contributed by atoms with Gasteiger partial charge in [0.25, 0.3) is 0 Å². The Morgan fingerprint density at radius 3 is 2.26 bits per heavy atom. The van der Waals surface area contributed by atoms with Gasteiger partial charge in [0.15, 0.2) is 19.7 Å². The number of hydrogen-bond donors (Lipinski definition) is 0. The SMILES string of the molecule is CCCS(=O)(=O)c1ccccc1S(=O)(=O)CCN1CCCCC(COC)C1. The molecule has 0 radical (unpaired) electrons. The quantitative estimate of drug-likeness (QED) is 0.614. The van der Waals surface area contributed by atoms with Crippen molar-refractivity contribution in [3.8, 4) is 0 Å². The van der Waals surface area contributed by atoms with Gasteiger partial charge in [0.05, 0.1) is 27.9 Å². The number of nitrogens with zero attached hydrogens (tertiary/aromatic N) is 1. The van der Waals surface area contributed by atoms with Crippen molar-refractivity contribution in [3.63, 3.8) is 0 Å². The summed E-state index contributed by atoms with van der Waals surface area (Å²) in [4.78, 5) is 2.03. The molecule has 0 spiro atoms. The van der Waals surface area contributed by atoms with Crippen LogP contribution in [0.4, 0.5) is 0 Å². The highest BCUT2D eigenvalue weighted by atomic mass is 32.2. The van der Waals surface area contributed by atoms with Crippen LogP contribution >= 0.6 is 0 Å². The molecule has 1 aromatic rings. The maximum atomic E-state index is 12.9. The number of sulfone groups is 2. The molecule has 0 amide bonds. The summed E-state index contributed by atoms with van der Waals surface area (Å²) in [5, 5.41) is 0. The highest BCUT2D eigenvalue weighted by Crippen LogP contribution is 2.24. The van der Waals surface area contributed by atoms with E-state index in [-0.39, 0.29) is 21.3 Å². The van der Waals surface area contributed by atoms with Crippen LogP contribution in [-0.2, 0) is 24.4 Å².